The molecule has 0 amide bonds. The molecule has 1 N–H and O–H groups in total. The van der Waals surface area contributed by atoms with E-state index in [1.165, 1.54) is 0 Å². The van der Waals surface area contributed by atoms with E-state index >= 15 is 0 Å². The van der Waals surface area contributed by atoms with Crippen LogP contribution in [0.4, 0.5) is 0 Å². The van der Waals surface area contributed by atoms with Crippen LogP contribution in [-0.4, -0.2) is 64.2 Å². The van der Waals surface area contributed by atoms with Crippen LogP contribution >= 0.6 is 24.0 Å². The van der Waals surface area contributed by atoms with Crippen molar-refractivity contribution in [2.45, 2.75) is 31.9 Å². The van der Waals surface area contributed by atoms with Gasteiger partial charge in [0.15, 0.2) is 17.5 Å². The van der Waals surface area contributed by atoms with Gasteiger partial charge in [0.2, 0.25) is 6.79 Å². The molecule has 1 aromatic carbocycles. The van der Waals surface area contributed by atoms with E-state index in [2.05, 4.69) is 15.2 Å². The maximum absolute atomic E-state index is 5.93. The second-order valence-corrected chi connectivity index (χ2v) is 6.49. The lowest BCUT2D eigenvalue weighted by Gasteiger charge is -2.34. The van der Waals surface area contributed by atoms with E-state index in [1.54, 1.807) is 7.11 Å². The average molecular weight is 491 g/mol. The zero-order valence-corrected chi connectivity index (χ0v) is 18.4. The second kappa shape index (κ2) is 11.6. The van der Waals surface area contributed by atoms with Crippen LogP contribution in [0, 0.1) is 0 Å². The molecule has 8 heteroatoms. The Balaban J connectivity index is 0.00000261. The first kappa shape index (κ1) is 22.0. The van der Waals surface area contributed by atoms with E-state index in [0.717, 1.165) is 68.6 Å². The third kappa shape index (κ3) is 6.39. The van der Waals surface area contributed by atoms with Crippen molar-refractivity contribution >= 4 is 29.9 Å². The summed E-state index contributed by atoms with van der Waals surface area (Å²) in [4.78, 5) is 6.72. The number of nitrogens with zero attached hydrogens (tertiary/aromatic N) is 2. The van der Waals surface area contributed by atoms with Crippen LogP contribution in [0.5, 0.6) is 11.5 Å². The fraction of sp³-hybridized carbons (Fsp3) is 0.632. The number of benzene rings is 1. The van der Waals surface area contributed by atoms with E-state index in [-0.39, 0.29) is 24.0 Å². The number of piperidine rings is 1. The standard InChI is InChI=1S/C19H29N3O4.HI/c1-20-19(21-13-15-4-5-17-18(12-15)26-14-25-17)22-8-6-16(7-9-22)24-11-3-10-23-2;/h4-5,12,16H,3,6-11,13-14H2,1-2H3,(H,20,21);1H. The minimum Gasteiger partial charge on any atom is -0.454 e. The monoisotopic (exact) mass is 491 g/mol. The molecule has 1 saturated heterocycles. The summed E-state index contributed by atoms with van der Waals surface area (Å²) >= 11 is 0. The summed E-state index contributed by atoms with van der Waals surface area (Å²) in [5, 5.41) is 3.44. The van der Waals surface area contributed by atoms with Gasteiger partial charge in [-0.2, -0.15) is 0 Å². The first-order valence-electron chi connectivity index (χ1n) is 9.25. The molecule has 0 radical (unpaired) electrons. The summed E-state index contributed by atoms with van der Waals surface area (Å²) in [6, 6.07) is 6.02. The number of guanidine groups is 1. The topological polar surface area (TPSA) is 64.6 Å². The van der Waals surface area contributed by atoms with Gasteiger partial charge in [0, 0.05) is 47.0 Å². The van der Waals surface area contributed by atoms with Crippen LogP contribution in [0.1, 0.15) is 24.8 Å². The summed E-state index contributed by atoms with van der Waals surface area (Å²) in [5.74, 6) is 2.55. The Kier molecular flexibility index (Phi) is 9.43. The van der Waals surface area contributed by atoms with E-state index in [1.807, 2.05) is 25.2 Å². The molecular weight excluding hydrogens is 461 g/mol. The third-order valence-electron chi connectivity index (χ3n) is 4.69. The Morgan fingerprint density at radius 1 is 1.22 bits per heavy atom. The minimum absolute atomic E-state index is 0. The summed E-state index contributed by atoms with van der Waals surface area (Å²) in [5.41, 5.74) is 1.15. The van der Waals surface area contributed by atoms with E-state index in [9.17, 15) is 0 Å². The fourth-order valence-electron chi connectivity index (χ4n) is 3.25. The number of rotatable bonds is 7. The van der Waals surface area contributed by atoms with Gasteiger partial charge >= 0.3 is 0 Å². The van der Waals surface area contributed by atoms with Gasteiger partial charge in [-0.25, -0.2) is 0 Å². The number of nitrogens with one attached hydrogen (secondary N) is 1. The number of fused-ring (bicyclic) bond motifs is 1. The van der Waals surface area contributed by atoms with Crippen molar-refractivity contribution in [1.29, 1.82) is 0 Å². The van der Waals surface area contributed by atoms with Gasteiger partial charge < -0.3 is 29.2 Å². The molecule has 0 spiro atoms. The molecule has 0 aliphatic carbocycles. The summed E-state index contributed by atoms with van der Waals surface area (Å²) in [6.07, 6.45) is 3.35. The molecule has 1 aromatic rings. The smallest absolute Gasteiger partial charge is 0.231 e. The Labute approximate surface area is 178 Å². The predicted octanol–water partition coefficient (Wildman–Crippen LogP) is 2.63. The number of hydrogen-bond donors (Lipinski definition) is 1. The minimum atomic E-state index is 0. The quantitative estimate of drug-likeness (QED) is 0.274. The molecule has 0 saturated carbocycles. The Morgan fingerprint density at radius 3 is 2.74 bits per heavy atom. The van der Waals surface area contributed by atoms with Crippen molar-refractivity contribution in [2.75, 3.05) is 47.3 Å². The van der Waals surface area contributed by atoms with Crippen LogP contribution in [-0.2, 0) is 16.0 Å². The molecule has 7 nitrogen and oxygen atoms in total. The largest absolute Gasteiger partial charge is 0.454 e. The molecule has 1 fully saturated rings. The van der Waals surface area contributed by atoms with Crippen molar-refractivity contribution in [3.8, 4) is 11.5 Å². The lowest BCUT2D eigenvalue weighted by molar-refractivity contribution is 0.00989. The molecule has 0 unspecified atom stereocenters. The lowest BCUT2D eigenvalue weighted by atomic mass is 10.1. The van der Waals surface area contributed by atoms with Crippen molar-refractivity contribution < 1.29 is 18.9 Å². The molecule has 152 valence electrons. The first-order valence-corrected chi connectivity index (χ1v) is 9.25. The van der Waals surface area contributed by atoms with Gasteiger partial charge in [0.05, 0.1) is 6.10 Å². The fourth-order valence-corrected chi connectivity index (χ4v) is 3.25. The number of hydrogen-bond acceptors (Lipinski definition) is 5. The zero-order valence-electron chi connectivity index (χ0n) is 16.1. The summed E-state index contributed by atoms with van der Waals surface area (Å²) in [7, 11) is 3.55. The zero-order chi connectivity index (χ0) is 18.2. The SMILES string of the molecule is CN=C(NCc1ccc2c(c1)OCO2)N1CCC(OCCCOC)CC1.I. The number of halogens is 1. The molecule has 27 heavy (non-hydrogen) atoms. The van der Waals surface area contributed by atoms with E-state index in [4.69, 9.17) is 18.9 Å². The van der Waals surface area contributed by atoms with Gasteiger partial charge in [-0.15, -0.1) is 24.0 Å². The molecule has 2 aliphatic heterocycles. The number of ether oxygens (including phenoxy) is 4. The van der Waals surface area contributed by atoms with Crippen molar-refractivity contribution in [2.24, 2.45) is 4.99 Å². The number of likely N-dealkylation sites (tertiary alicyclic amines) is 1. The van der Waals surface area contributed by atoms with Crippen LogP contribution in [0.2, 0.25) is 0 Å². The van der Waals surface area contributed by atoms with Crippen LogP contribution in [0.15, 0.2) is 23.2 Å². The maximum Gasteiger partial charge on any atom is 0.231 e. The first-order chi connectivity index (χ1) is 12.8. The average Bonchev–Trinajstić information content (AvgIpc) is 3.14. The number of aliphatic imine (C=N–C) groups is 1. The lowest BCUT2D eigenvalue weighted by Crippen LogP contribution is -2.46. The maximum atomic E-state index is 5.93. The van der Waals surface area contributed by atoms with Gasteiger partial charge in [-0.05, 0) is 37.0 Å². The van der Waals surface area contributed by atoms with Crippen LogP contribution < -0.4 is 14.8 Å². The van der Waals surface area contributed by atoms with Gasteiger partial charge in [0.25, 0.3) is 0 Å². The highest BCUT2D eigenvalue weighted by Gasteiger charge is 2.22. The third-order valence-corrected chi connectivity index (χ3v) is 4.69. The van der Waals surface area contributed by atoms with Crippen molar-refractivity contribution in [1.82, 2.24) is 10.2 Å². The van der Waals surface area contributed by atoms with Gasteiger partial charge in [0.1, 0.15) is 0 Å². The van der Waals surface area contributed by atoms with Gasteiger partial charge in [-0.1, -0.05) is 6.07 Å². The molecular formula is C19H30IN3O4. The molecule has 0 atom stereocenters. The molecule has 2 heterocycles. The van der Waals surface area contributed by atoms with E-state index in [0.29, 0.717) is 19.4 Å². The Bertz CT molecular complexity index is 607. The molecule has 0 bridgehead atoms. The van der Waals surface area contributed by atoms with Crippen molar-refractivity contribution in [3.63, 3.8) is 0 Å². The molecule has 3 rings (SSSR count). The summed E-state index contributed by atoms with van der Waals surface area (Å²) in [6.45, 7) is 4.45. The highest BCUT2D eigenvalue weighted by Crippen LogP contribution is 2.32. The van der Waals surface area contributed by atoms with Crippen LogP contribution in [0.3, 0.4) is 0 Å². The van der Waals surface area contributed by atoms with E-state index < -0.39 is 0 Å². The second-order valence-electron chi connectivity index (χ2n) is 6.49. The highest BCUT2D eigenvalue weighted by atomic mass is 127. The Morgan fingerprint density at radius 2 is 2.00 bits per heavy atom. The normalized spacial score (nSPS) is 17.0. The molecule has 2 aliphatic rings. The predicted molar refractivity (Wildman–Crippen MR) is 115 cm³/mol. The molecule has 0 aromatic heterocycles. The number of methoxy groups -OCH3 is 1. The van der Waals surface area contributed by atoms with Crippen molar-refractivity contribution in [3.05, 3.63) is 23.8 Å². The van der Waals surface area contributed by atoms with Gasteiger partial charge in [-0.3, -0.25) is 4.99 Å². The van der Waals surface area contributed by atoms with Crippen LogP contribution in [0.25, 0.3) is 0 Å². The summed E-state index contributed by atoms with van der Waals surface area (Å²) < 4.78 is 21.8. The Hall–Kier alpha value is -1.26. The highest BCUT2D eigenvalue weighted by molar-refractivity contribution is 14.0.